The molecule has 3 heteroatoms. The summed E-state index contributed by atoms with van der Waals surface area (Å²) in [4.78, 5) is 0. The molecule has 0 saturated heterocycles. The Hall–Kier alpha value is 0.137. The summed E-state index contributed by atoms with van der Waals surface area (Å²) in [6, 6.07) is 2.19. The van der Waals surface area contributed by atoms with E-state index in [0.717, 1.165) is 25.3 Å². The second-order valence-corrected chi connectivity index (χ2v) is 14.2. The summed E-state index contributed by atoms with van der Waals surface area (Å²) in [6.07, 6.45) is 30.6. The largest absolute Gasteiger partial charge is 0.394 e. The molecule has 0 aromatic rings. The summed E-state index contributed by atoms with van der Waals surface area (Å²) in [5.74, 6) is 0. The Bertz CT molecular complexity index is 327. The monoisotopic (exact) mass is 484 g/mol. The average Bonchev–Trinajstić information content (AvgIpc) is 2.84. The van der Waals surface area contributed by atoms with Crippen molar-refractivity contribution in [3.8, 4) is 0 Å². The molecule has 0 saturated carbocycles. The lowest BCUT2D eigenvalue weighted by Crippen LogP contribution is -2.41. The van der Waals surface area contributed by atoms with Crippen LogP contribution < -0.4 is 0 Å². The van der Waals surface area contributed by atoms with E-state index in [0.29, 0.717) is 0 Å². The molecule has 0 N–H and O–H groups in total. The molecule has 0 aromatic heterocycles. The minimum absolute atomic E-state index is 0.920. The molecule has 0 atom stereocenters. The normalized spacial score (nSPS) is 12.0. The van der Waals surface area contributed by atoms with E-state index in [4.69, 9.17) is 8.85 Å². The molecule has 0 rings (SSSR count). The summed E-state index contributed by atoms with van der Waals surface area (Å²) in [5, 5.41) is 0. The van der Waals surface area contributed by atoms with Crippen molar-refractivity contribution in [1.82, 2.24) is 0 Å². The van der Waals surface area contributed by atoms with Gasteiger partial charge in [-0.05, 0) is 24.9 Å². The Morgan fingerprint density at radius 3 is 0.818 bits per heavy atom. The lowest BCUT2D eigenvalue weighted by molar-refractivity contribution is 0.163. The Morgan fingerprint density at radius 2 is 0.576 bits per heavy atom. The molecular formula is C30H64O2Si. The predicted molar refractivity (Wildman–Crippen MR) is 152 cm³/mol. The fourth-order valence-electron chi connectivity index (χ4n) is 4.75. The van der Waals surface area contributed by atoms with Crippen LogP contribution in [0.1, 0.15) is 169 Å². The van der Waals surface area contributed by atoms with Gasteiger partial charge >= 0.3 is 8.56 Å². The zero-order valence-electron chi connectivity index (χ0n) is 23.7. The van der Waals surface area contributed by atoms with Crippen molar-refractivity contribution in [3.63, 3.8) is 0 Å². The Labute approximate surface area is 211 Å². The SMILES string of the molecule is CCCCCCCCCCCCCO[Si](CC)(CC)OCCCCCCCCCCCCC. The Morgan fingerprint density at radius 1 is 0.333 bits per heavy atom. The highest BCUT2D eigenvalue weighted by atomic mass is 28.4. The van der Waals surface area contributed by atoms with Gasteiger partial charge in [-0.1, -0.05) is 156 Å². The first-order valence-electron chi connectivity index (χ1n) is 15.5. The van der Waals surface area contributed by atoms with Crippen molar-refractivity contribution < 1.29 is 8.85 Å². The molecule has 0 aliphatic carbocycles. The first kappa shape index (κ1) is 33.1. The van der Waals surface area contributed by atoms with E-state index < -0.39 is 8.56 Å². The molecule has 0 aliphatic heterocycles. The van der Waals surface area contributed by atoms with Gasteiger partial charge in [0.2, 0.25) is 0 Å². The van der Waals surface area contributed by atoms with Crippen molar-refractivity contribution in [2.24, 2.45) is 0 Å². The molecule has 0 unspecified atom stereocenters. The summed E-state index contributed by atoms with van der Waals surface area (Å²) >= 11 is 0. The average molecular weight is 485 g/mol. The van der Waals surface area contributed by atoms with E-state index in [2.05, 4.69) is 27.7 Å². The highest BCUT2D eigenvalue weighted by Crippen LogP contribution is 2.21. The van der Waals surface area contributed by atoms with E-state index in [-0.39, 0.29) is 0 Å². The molecule has 2 nitrogen and oxygen atoms in total. The minimum atomic E-state index is -1.94. The fraction of sp³-hybridized carbons (Fsp3) is 1.00. The maximum Gasteiger partial charge on any atom is 0.337 e. The molecule has 0 aliphatic rings. The molecule has 0 aromatic carbocycles. The van der Waals surface area contributed by atoms with Gasteiger partial charge in [-0.25, -0.2) is 0 Å². The van der Waals surface area contributed by atoms with Gasteiger partial charge in [0.05, 0.1) is 0 Å². The van der Waals surface area contributed by atoms with Crippen molar-refractivity contribution in [2.75, 3.05) is 13.2 Å². The lowest BCUT2D eigenvalue weighted by Gasteiger charge is -2.29. The fourth-order valence-corrected chi connectivity index (χ4v) is 7.18. The summed E-state index contributed by atoms with van der Waals surface area (Å²) in [6.45, 7) is 11.0. The van der Waals surface area contributed by atoms with Gasteiger partial charge in [-0.3, -0.25) is 0 Å². The molecule has 0 amide bonds. The summed E-state index contributed by atoms with van der Waals surface area (Å²) in [7, 11) is -1.94. The van der Waals surface area contributed by atoms with E-state index in [1.165, 1.54) is 141 Å². The van der Waals surface area contributed by atoms with Crippen LogP contribution in [-0.2, 0) is 8.85 Å². The van der Waals surface area contributed by atoms with Crippen molar-refractivity contribution >= 4 is 8.56 Å². The Kier molecular flexibility index (Phi) is 26.8. The minimum Gasteiger partial charge on any atom is -0.394 e. The highest BCUT2D eigenvalue weighted by Gasteiger charge is 2.33. The maximum atomic E-state index is 6.43. The molecular weight excluding hydrogens is 420 g/mol. The van der Waals surface area contributed by atoms with Gasteiger partial charge in [0.15, 0.2) is 0 Å². The van der Waals surface area contributed by atoms with Gasteiger partial charge in [0, 0.05) is 13.2 Å². The van der Waals surface area contributed by atoms with Crippen LogP contribution >= 0.6 is 0 Å². The first-order valence-corrected chi connectivity index (χ1v) is 17.8. The molecule has 0 radical (unpaired) electrons. The summed E-state index contributed by atoms with van der Waals surface area (Å²) in [5.41, 5.74) is 0. The van der Waals surface area contributed by atoms with Crippen LogP contribution in [0.5, 0.6) is 0 Å². The smallest absolute Gasteiger partial charge is 0.337 e. The third-order valence-electron chi connectivity index (χ3n) is 7.30. The van der Waals surface area contributed by atoms with E-state index in [9.17, 15) is 0 Å². The van der Waals surface area contributed by atoms with E-state index in [1.807, 2.05) is 0 Å². The van der Waals surface area contributed by atoms with E-state index >= 15 is 0 Å². The van der Waals surface area contributed by atoms with Gasteiger partial charge < -0.3 is 8.85 Å². The number of unbranched alkanes of at least 4 members (excludes halogenated alkanes) is 20. The van der Waals surface area contributed by atoms with Crippen LogP contribution in [-0.4, -0.2) is 21.8 Å². The second-order valence-electron chi connectivity index (χ2n) is 10.4. The van der Waals surface area contributed by atoms with Gasteiger partial charge in [-0.2, -0.15) is 0 Å². The molecule has 0 fully saturated rings. The first-order chi connectivity index (χ1) is 16.2. The van der Waals surface area contributed by atoms with Crippen LogP contribution in [0.15, 0.2) is 0 Å². The molecule has 200 valence electrons. The second kappa shape index (κ2) is 26.7. The number of hydrogen-bond donors (Lipinski definition) is 0. The van der Waals surface area contributed by atoms with Gasteiger partial charge in [-0.15, -0.1) is 0 Å². The summed E-state index contributed by atoms with van der Waals surface area (Å²) < 4.78 is 12.9. The topological polar surface area (TPSA) is 18.5 Å². The van der Waals surface area contributed by atoms with Crippen molar-refractivity contribution in [2.45, 2.75) is 181 Å². The van der Waals surface area contributed by atoms with Crippen LogP contribution in [0.3, 0.4) is 0 Å². The maximum absolute atomic E-state index is 6.43. The molecule has 0 heterocycles. The van der Waals surface area contributed by atoms with Crippen LogP contribution in [0, 0.1) is 0 Å². The quantitative estimate of drug-likeness (QED) is 0.0811. The number of hydrogen-bond acceptors (Lipinski definition) is 2. The molecule has 0 spiro atoms. The third-order valence-corrected chi connectivity index (χ3v) is 10.9. The van der Waals surface area contributed by atoms with Crippen molar-refractivity contribution in [1.29, 1.82) is 0 Å². The van der Waals surface area contributed by atoms with Crippen LogP contribution in [0.4, 0.5) is 0 Å². The standard InChI is InChI=1S/C30H64O2Si/c1-5-9-11-13-15-17-19-21-23-25-27-29-31-33(7-3,8-4)32-30-28-26-24-22-20-18-16-14-12-10-6-2/h5-30H2,1-4H3. The lowest BCUT2D eigenvalue weighted by atomic mass is 10.1. The van der Waals surface area contributed by atoms with Crippen LogP contribution in [0.2, 0.25) is 12.1 Å². The molecule has 33 heavy (non-hydrogen) atoms. The zero-order chi connectivity index (χ0) is 24.3. The predicted octanol–water partition coefficient (Wildman–Crippen LogP) is 11.1. The van der Waals surface area contributed by atoms with Crippen LogP contribution in [0.25, 0.3) is 0 Å². The van der Waals surface area contributed by atoms with Gasteiger partial charge in [0.25, 0.3) is 0 Å². The van der Waals surface area contributed by atoms with E-state index in [1.54, 1.807) is 0 Å². The number of rotatable bonds is 28. The van der Waals surface area contributed by atoms with Gasteiger partial charge in [0.1, 0.15) is 0 Å². The third kappa shape index (κ3) is 22.4. The highest BCUT2D eigenvalue weighted by molar-refractivity contribution is 6.67. The molecule has 0 bridgehead atoms. The Balaban J connectivity index is 3.58. The zero-order valence-corrected chi connectivity index (χ0v) is 24.7. The van der Waals surface area contributed by atoms with Crippen molar-refractivity contribution in [3.05, 3.63) is 0 Å².